The molecule has 0 radical (unpaired) electrons. The number of rotatable bonds is 6. The summed E-state index contributed by atoms with van der Waals surface area (Å²) in [5, 5.41) is 2.68. The predicted octanol–water partition coefficient (Wildman–Crippen LogP) is 1.85. The molecule has 122 valence electrons. The van der Waals surface area contributed by atoms with Crippen molar-refractivity contribution < 1.29 is 13.2 Å². The van der Waals surface area contributed by atoms with Gasteiger partial charge in [0.2, 0.25) is 5.91 Å². The summed E-state index contributed by atoms with van der Waals surface area (Å²) in [5.41, 5.74) is 5.94. The van der Waals surface area contributed by atoms with Crippen molar-refractivity contribution in [2.24, 2.45) is 11.7 Å². The van der Waals surface area contributed by atoms with Crippen LogP contribution in [0.4, 0.5) is 0 Å². The van der Waals surface area contributed by atoms with Crippen molar-refractivity contribution >= 4 is 31.7 Å². The van der Waals surface area contributed by atoms with Crippen molar-refractivity contribution in [2.75, 3.05) is 6.54 Å². The number of halogens is 1. The van der Waals surface area contributed by atoms with E-state index in [9.17, 15) is 13.2 Å². The maximum Gasteiger partial charge on any atom is 0.241 e. The van der Waals surface area contributed by atoms with Crippen LogP contribution in [0.3, 0.4) is 0 Å². The molecule has 1 aromatic carbocycles. The largest absolute Gasteiger partial charge is 0.353 e. The van der Waals surface area contributed by atoms with Gasteiger partial charge >= 0.3 is 0 Å². The van der Waals surface area contributed by atoms with E-state index in [1.54, 1.807) is 12.1 Å². The van der Waals surface area contributed by atoms with Crippen molar-refractivity contribution in [3.05, 3.63) is 28.7 Å². The van der Waals surface area contributed by atoms with Crippen LogP contribution in [0.1, 0.15) is 26.7 Å². The summed E-state index contributed by atoms with van der Waals surface area (Å²) in [6.07, 6.45) is 2.16. The lowest BCUT2D eigenvalue weighted by molar-refractivity contribution is -0.122. The molecule has 22 heavy (non-hydrogen) atoms. The van der Waals surface area contributed by atoms with Crippen molar-refractivity contribution in [1.29, 1.82) is 0 Å². The van der Waals surface area contributed by atoms with E-state index in [1.807, 2.05) is 0 Å². The SMILES string of the molecule is CC(C)(C(=O)NCC(N)C1CC1)S(=O)(=O)c1ccc(Br)cc1. The van der Waals surface area contributed by atoms with Gasteiger partial charge in [-0.25, -0.2) is 8.42 Å². The van der Waals surface area contributed by atoms with E-state index in [2.05, 4.69) is 21.2 Å². The molecular formula is C15H21BrN2O3S. The summed E-state index contributed by atoms with van der Waals surface area (Å²) in [6, 6.07) is 6.16. The van der Waals surface area contributed by atoms with Crippen LogP contribution < -0.4 is 11.1 Å². The van der Waals surface area contributed by atoms with Gasteiger partial charge in [0, 0.05) is 17.1 Å². The zero-order chi connectivity index (χ0) is 16.5. The third kappa shape index (κ3) is 3.52. The fourth-order valence-electron chi connectivity index (χ4n) is 2.14. The minimum atomic E-state index is -3.78. The van der Waals surface area contributed by atoms with Crippen LogP contribution in [-0.4, -0.2) is 31.7 Å². The third-order valence-corrected chi connectivity index (χ3v) is 7.02. The fourth-order valence-corrected chi connectivity index (χ4v) is 3.81. The number of carbonyl (C=O) groups is 1. The highest BCUT2D eigenvalue weighted by molar-refractivity contribution is 9.10. The summed E-state index contributed by atoms with van der Waals surface area (Å²) in [4.78, 5) is 12.5. The Kier molecular flexibility index (Phi) is 4.99. The van der Waals surface area contributed by atoms with Gasteiger partial charge in [-0.2, -0.15) is 0 Å². The molecule has 1 aromatic rings. The average molecular weight is 389 g/mol. The first kappa shape index (κ1) is 17.4. The molecule has 0 aliphatic heterocycles. The monoisotopic (exact) mass is 388 g/mol. The van der Waals surface area contributed by atoms with Crippen molar-refractivity contribution in [3.8, 4) is 0 Å². The van der Waals surface area contributed by atoms with Crippen molar-refractivity contribution in [3.63, 3.8) is 0 Å². The van der Waals surface area contributed by atoms with Crippen molar-refractivity contribution in [1.82, 2.24) is 5.32 Å². The quantitative estimate of drug-likeness (QED) is 0.777. The highest BCUT2D eigenvalue weighted by Gasteiger charge is 2.43. The van der Waals surface area contributed by atoms with Crippen molar-refractivity contribution in [2.45, 2.75) is 42.4 Å². The van der Waals surface area contributed by atoms with E-state index in [0.717, 1.165) is 17.3 Å². The molecule has 0 aromatic heterocycles. The topological polar surface area (TPSA) is 89.3 Å². The summed E-state index contributed by atoms with van der Waals surface area (Å²) >= 11 is 3.26. The molecule has 1 fully saturated rings. The molecule has 1 saturated carbocycles. The molecule has 1 aliphatic rings. The molecule has 1 unspecified atom stereocenters. The Bertz CT molecular complexity index is 652. The van der Waals surface area contributed by atoms with Gasteiger partial charge in [0.25, 0.3) is 0 Å². The first-order valence-corrected chi connectivity index (χ1v) is 9.48. The lowest BCUT2D eigenvalue weighted by Gasteiger charge is -2.25. The maximum absolute atomic E-state index is 12.7. The number of hydrogen-bond acceptors (Lipinski definition) is 4. The van der Waals surface area contributed by atoms with Crippen LogP contribution in [-0.2, 0) is 14.6 Å². The van der Waals surface area contributed by atoms with Gasteiger partial charge in [-0.3, -0.25) is 4.79 Å². The van der Waals surface area contributed by atoms with Gasteiger partial charge in [-0.1, -0.05) is 15.9 Å². The zero-order valence-electron chi connectivity index (χ0n) is 12.7. The summed E-state index contributed by atoms with van der Waals surface area (Å²) in [7, 11) is -3.78. The van der Waals surface area contributed by atoms with Crippen LogP contribution in [0.5, 0.6) is 0 Å². The van der Waals surface area contributed by atoms with Gasteiger partial charge < -0.3 is 11.1 Å². The van der Waals surface area contributed by atoms with Crippen LogP contribution in [0, 0.1) is 5.92 Å². The summed E-state index contributed by atoms with van der Waals surface area (Å²) in [5.74, 6) is -0.0713. The Morgan fingerprint density at radius 2 is 1.91 bits per heavy atom. The number of hydrogen-bond donors (Lipinski definition) is 2. The smallest absolute Gasteiger partial charge is 0.241 e. The second-order valence-corrected chi connectivity index (χ2v) is 9.59. The van der Waals surface area contributed by atoms with E-state index in [4.69, 9.17) is 5.73 Å². The van der Waals surface area contributed by atoms with E-state index < -0.39 is 20.5 Å². The normalized spacial score (nSPS) is 17.1. The van der Waals surface area contributed by atoms with Crippen LogP contribution in [0.2, 0.25) is 0 Å². The maximum atomic E-state index is 12.7. The molecule has 1 amide bonds. The van der Waals surface area contributed by atoms with E-state index in [0.29, 0.717) is 12.5 Å². The summed E-state index contributed by atoms with van der Waals surface area (Å²) in [6.45, 7) is 3.15. The first-order chi connectivity index (χ1) is 10.2. The van der Waals surface area contributed by atoms with E-state index >= 15 is 0 Å². The van der Waals surface area contributed by atoms with Crippen LogP contribution in [0.15, 0.2) is 33.6 Å². The Hall–Kier alpha value is -0.920. The second-order valence-electron chi connectivity index (χ2n) is 6.18. The molecule has 7 heteroatoms. The molecule has 0 heterocycles. The Morgan fingerprint density at radius 3 is 2.41 bits per heavy atom. The Balaban J connectivity index is 2.12. The number of sulfone groups is 1. The molecule has 0 bridgehead atoms. The molecule has 1 atom stereocenters. The first-order valence-electron chi connectivity index (χ1n) is 7.20. The van der Waals surface area contributed by atoms with Gasteiger partial charge in [0.1, 0.15) is 4.75 Å². The zero-order valence-corrected chi connectivity index (χ0v) is 15.1. The minimum Gasteiger partial charge on any atom is -0.353 e. The molecule has 5 nitrogen and oxygen atoms in total. The number of amides is 1. The van der Waals surface area contributed by atoms with Crippen LogP contribution >= 0.6 is 15.9 Å². The average Bonchev–Trinajstić information content (AvgIpc) is 3.29. The van der Waals surface area contributed by atoms with Gasteiger partial charge in [0.05, 0.1) is 4.90 Å². The molecular weight excluding hydrogens is 368 g/mol. The highest BCUT2D eigenvalue weighted by atomic mass is 79.9. The number of nitrogens with one attached hydrogen (secondary N) is 1. The molecule has 0 saturated heterocycles. The summed E-state index contributed by atoms with van der Waals surface area (Å²) < 4.78 is 24.6. The number of benzene rings is 1. The Labute approximate surface area is 139 Å². The van der Waals surface area contributed by atoms with Gasteiger partial charge in [-0.05, 0) is 56.9 Å². The Morgan fingerprint density at radius 1 is 1.36 bits per heavy atom. The third-order valence-electron chi connectivity index (χ3n) is 4.07. The van der Waals surface area contributed by atoms with E-state index in [1.165, 1.54) is 26.0 Å². The lowest BCUT2D eigenvalue weighted by atomic mass is 10.1. The standard InChI is InChI=1S/C15H21BrN2O3S/c1-15(2,14(19)18-9-13(17)10-3-4-10)22(20,21)12-7-5-11(16)6-8-12/h5-8,10,13H,3-4,9,17H2,1-2H3,(H,18,19). The second kappa shape index (κ2) is 6.29. The number of carbonyl (C=O) groups excluding carboxylic acids is 1. The molecule has 1 aliphatic carbocycles. The minimum absolute atomic E-state index is 0.102. The van der Waals surface area contributed by atoms with Crippen LogP contribution in [0.25, 0.3) is 0 Å². The highest BCUT2D eigenvalue weighted by Crippen LogP contribution is 2.31. The molecule has 0 spiro atoms. The molecule has 2 rings (SSSR count). The predicted molar refractivity (Wildman–Crippen MR) is 89.1 cm³/mol. The van der Waals surface area contributed by atoms with Gasteiger partial charge in [0.15, 0.2) is 9.84 Å². The fraction of sp³-hybridized carbons (Fsp3) is 0.533. The van der Waals surface area contributed by atoms with Gasteiger partial charge in [-0.15, -0.1) is 0 Å². The number of nitrogens with two attached hydrogens (primary N) is 1. The lowest BCUT2D eigenvalue weighted by Crippen LogP contribution is -2.51. The molecule has 3 N–H and O–H groups in total. The van der Waals surface area contributed by atoms with E-state index in [-0.39, 0.29) is 10.9 Å².